The molecule has 4 heteroatoms. The number of carbonyl (C=O) groups is 1. The van der Waals surface area contributed by atoms with Crippen molar-refractivity contribution >= 4 is 5.91 Å². The summed E-state index contributed by atoms with van der Waals surface area (Å²) in [5, 5.41) is 3.51. The molecule has 2 rings (SSSR count). The topological polar surface area (TPSA) is 35.6 Å². The molecule has 20 heavy (non-hydrogen) atoms. The van der Waals surface area contributed by atoms with Crippen LogP contribution in [0.25, 0.3) is 0 Å². The molecule has 1 aliphatic rings. The second-order valence-electron chi connectivity index (χ2n) is 5.95. The Balaban J connectivity index is 2.25. The zero-order valence-corrected chi connectivity index (χ0v) is 12.9. The highest BCUT2D eigenvalue weighted by atomic mass is 16.2. The van der Waals surface area contributed by atoms with Crippen molar-refractivity contribution in [3.05, 3.63) is 35.9 Å². The molecule has 1 aromatic carbocycles. The Hall–Kier alpha value is -1.39. The van der Waals surface area contributed by atoms with Crippen molar-refractivity contribution in [3.63, 3.8) is 0 Å². The van der Waals surface area contributed by atoms with Gasteiger partial charge in [0.1, 0.15) is 6.17 Å². The Morgan fingerprint density at radius 3 is 2.50 bits per heavy atom. The van der Waals surface area contributed by atoms with Gasteiger partial charge in [-0.1, -0.05) is 37.3 Å². The van der Waals surface area contributed by atoms with Crippen LogP contribution >= 0.6 is 0 Å². The zero-order valence-electron chi connectivity index (χ0n) is 12.9. The third-order valence-corrected chi connectivity index (χ3v) is 4.11. The van der Waals surface area contributed by atoms with E-state index in [9.17, 15) is 4.79 Å². The van der Waals surface area contributed by atoms with Crippen LogP contribution in [0.15, 0.2) is 30.3 Å². The largest absolute Gasteiger partial charge is 0.320 e. The SMILES string of the molecule is CCC1(C)NC(c2ccccc2)N(CCN(C)C)C1=O. The number of amides is 1. The van der Waals surface area contributed by atoms with Crippen LogP contribution in [0.5, 0.6) is 0 Å². The van der Waals surface area contributed by atoms with Crippen LogP contribution in [0.4, 0.5) is 0 Å². The molecule has 1 fully saturated rings. The van der Waals surface area contributed by atoms with Crippen LogP contribution in [0.1, 0.15) is 32.0 Å². The fourth-order valence-corrected chi connectivity index (χ4v) is 2.57. The zero-order chi connectivity index (χ0) is 14.8. The summed E-state index contributed by atoms with van der Waals surface area (Å²) in [6, 6.07) is 10.2. The Kier molecular flexibility index (Phi) is 4.45. The summed E-state index contributed by atoms with van der Waals surface area (Å²) >= 11 is 0. The quantitative estimate of drug-likeness (QED) is 0.891. The number of carbonyl (C=O) groups excluding carboxylic acids is 1. The van der Waals surface area contributed by atoms with Crippen molar-refractivity contribution in [2.24, 2.45) is 0 Å². The molecule has 0 spiro atoms. The Bertz CT molecular complexity index is 460. The third-order valence-electron chi connectivity index (χ3n) is 4.11. The summed E-state index contributed by atoms with van der Waals surface area (Å²) in [5.74, 6) is 0.204. The van der Waals surface area contributed by atoms with E-state index in [4.69, 9.17) is 0 Å². The first kappa shape index (κ1) is 15.0. The normalized spacial score (nSPS) is 26.6. The van der Waals surface area contributed by atoms with E-state index < -0.39 is 5.54 Å². The van der Waals surface area contributed by atoms with Gasteiger partial charge in [0.2, 0.25) is 5.91 Å². The minimum Gasteiger partial charge on any atom is -0.320 e. The number of nitrogens with zero attached hydrogens (tertiary/aromatic N) is 2. The van der Waals surface area contributed by atoms with Gasteiger partial charge in [0.25, 0.3) is 0 Å². The van der Waals surface area contributed by atoms with Gasteiger partial charge in [0.05, 0.1) is 5.54 Å². The monoisotopic (exact) mass is 275 g/mol. The van der Waals surface area contributed by atoms with Gasteiger partial charge in [-0.25, -0.2) is 0 Å². The highest BCUT2D eigenvalue weighted by Gasteiger charge is 2.46. The van der Waals surface area contributed by atoms with E-state index in [1.54, 1.807) is 0 Å². The predicted molar refractivity (Wildman–Crippen MR) is 81.3 cm³/mol. The van der Waals surface area contributed by atoms with Crippen molar-refractivity contribution in [1.29, 1.82) is 0 Å². The van der Waals surface area contributed by atoms with Crippen molar-refractivity contribution < 1.29 is 4.79 Å². The summed E-state index contributed by atoms with van der Waals surface area (Å²) in [4.78, 5) is 16.8. The summed E-state index contributed by atoms with van der Waals surface area (Å²) in [6.07, 6.45) is 0.779. The smallest absolute Gasteiger partial charge is 0.244 e. The number of hydrogen-bond acceptors (Lipinski definition) is 3. The minimum atomic E-state index is -0.452. The van der Waals surface area contributed by atoms with Crippen LogP contribution in [0.3, 0.4) is 0 Å². The van der Waals surface area contributed by atoms with E-state index in [1.165, 1.54) is 0 Å². The lowest BCUT2D eigenvalue weighted by molar-refractivity contribution is -0.133. The Morgan fingerprint density at radius 2 is 1.95 bits per heavy atom. The molecule has 0 saturated carbocycles. The molecule has 2 unspecified atom stereocenters. The molecular weight excluding hydrogens is 250 g/mol. The van der Waals surface area contributed by atoms with Gasteiger partial charge in [-0.3, -0.25) is 10.1 Å². The maximum Gasteiger partial charge on any atom is 0.244 e. The molecular formula is C16H25N3O. The highest BCUT2D eigenvalue weighted by molar-refractivity contribution is 5.88. The number of nitrogens with one attached hydrogen (secondary N) is 1. The van der Waals surface area contributed by atoms with E-state index in [0.717, 1.165) is 25.1 Å². The molecule has 2 atom stereocenters. The van der Waals surface area contributed by atoms with E-state index in [0.29, 0.717) is 0 Å². The summed E-state index contributed by atoms with van der Waals surface area (Å²) in [5.41, 5.74) is 0.698. The van der Waals surface area contributed by atoms with E-state index in [-0.39, 0.29) is 12.1 Å². The van der Waals surface area contributed by atoms with Gasteiger partial charge in [0.15, 0.2) is 0 Å². The number of hydrogen-bond donors (Lipinski definition) is 1. The Morgan fingerprint density at radius 1 is 1.30 bits per heavy atom. The van der Waals surface area contributed by atoms with Crippen LogP contribution < -0.4 is 5.32 Å². The van der Waals surface area contributed by atoms with Crippen molar-refractivity contribution in [2.45, 2.75) is 32.0 Å². The lowest BCUT2D eigenvalue weighted by Gasteiger charge is -2.26. The lowest BCUT2D eigenvalue weighted by atomic mass is 9.99. The number of rotatable bonds is 5. The first-order chi connectivity index (χ1) is 9.48. The molecule has 0 aliphatic carbocycles. The number of benzene rings is 1. The fraction of sp³-hybridized carbons (Fsp3) is 0.562. The maximum absolute atomic E-state index is 12.7. The fourth-order valence-electron chi connectivity index (χ4n) is 2.57. The van der Waals surface area contributed by atoms with Crippen LogP contribution in [0.2, 0.25) is 0 Å². The molecule has 1 aliphatic heterocycles. The second-order valence-corrected chi connectivity index (χ2v) is 5.95. The van der Waals surface area contributed by atoms with E-state index in [1.807, 2.05) is 44.1 Å². The first-order valence-electron chi connectivity index (χ1n) is 7.26. The highest BCUT2D eigenvalue weighted by Crippen LogP contribution is 2.32. The van der Waals surface area contributed by atoms with E-state index in [2.05, 4.69) is 29.3 Å². The van der Waals surface area contributed by atoms with Gasteiger partial charge >= 0.3 is 0 Å². The van der Waals surface area contributed by atoms with Crippen molar-refractivity contribution in [2.75, 3.05) is 27.2 Å². The van der Waals surface area contributed by atoms with Crippen LogP contribution in [0, 0.1) is 0 Å². The number of likely N-dealkylation sites (N-methyl/N-ethyl adjacent to an activating group) is 1. The van der Waals surface area contributed by atoms with E-state index >= 15 is 0 Å². The molecule has 1 heterocycles. The molecule has 0 aromatic heterocycles. The van der Waals surface area contributed by atoms with Gasteiger partial charge in [-0.15, -0.1) is 0 Å². The average Bonchev–Trinajstić information content (AvgIpc) is 2.71. The standard InChI is InChI=1S/C16H25N3O/c1-5-16(2)15(20)19(12-11-18(3)4)14(17-16)13-9-7-6-8-10-13/h6-10,14,17H,5,11-12H2,1-4H3. The van der Waals surface area contributed by atoms with Gasteiger partial charge < -0.3 is 9.80 Å². The van der Waals surface area contributed by atoms with Crippen molar-refractivity contribution in [3.8, 4) is 0 Å². The summed E-state index contributed by atoms with van der Waals surface area (Å²) < 4.78 is 0. The maximum atomic E-state index is 12.7. The van der Waals surface area contributed by atoms with Crippen LogP contribution in [-0.2, 0) is 4.79 Å². The summed E-state index contributed by atoms with van der Waals surface area (Å²) in [6.45, 7) is 5.67. The summed E-state index contributed by atoms with van der Waals surface area (Å²) in [7, 11) is 4.06. The molecule has 1 aromatic rings. The minimum absolute atomic E-state index is 0.0198. The molecule has 0 radical (unpaired) electrons. The predicted octanol–water partition coefficient (Wildman–Crippen LogP) is 1.85. The first-order valence-corrected chi connectivity index (χ1v) is 7.26. The second kappa shape index (κ2) is 5.94. The Labute approximate surface area is 121 Å². The van der Waals surface area contributed by atoms with Gasteiger partial charge in [-0.05, 0) is 33.0 Å². The molecule has 1 saturated heterocycles. The van der Waals surface area contributed by atoms with Gasteiger partial charge in [-0.2, -0.15) is 0 Å². The average molecular weight is 275 g/mol. The van der Waals surface area contributed by atoms with Gasteiger partial charge in [0, 0.05) is 13.1 Å². The molecule has 1 amide bonds. The molecule has 110 valence electrons. The third kappa shape index (κ3) is 2.86. The molecule has 0 bridgehead atoms. The molecule has 1 N–H and O–H groups in total. The molecule has 4 nitrogen and oxygen atoms in total. The van der Waals surface area contributed by atoms with Crippen molar-refractivity contribution in [1.82, 2.24) is 15.1 Å². The van der Waals surface area contributed by atoms with Crippen LogP contribution in [-0.4, -0.2) is 48.4 Å². The lowest BCUT2D eigenvalue weighted by Crippen LogP contribution is -2.43.